The largest absolute Gasteiger partial charge is 0.398 e. The molecule has 3 nitrogen and oxygen atoms in total. The summed E-state index contributed by atoms with van der Waals surface area (Å²) in [5.74, 6) is -0.208. The fourth-order valence-electron chi connectivity index (χ4n) is 1.56. The van der Waals surface area contributed by atoms with E-state index in [0.29, 0.717) is 16.3 Å². The highest BCUT2D eigenvalue weighted by Crippen LogP contribution is 2.21. The molecular weight excluding hydrogens is 280 g/mol. The lowest BCUT2D eigenvalue weighted by molar-refractivity contribution is 0.102. The normalized spacial score (nSPS) is 10.2. The molecule has 2 rings (SSSR count). The van der Waals surface area contributed by atoms with Gasteiger partial charge in [-0.15, -0.1) is 11.8 Å². The number of thioether (sulfide) groups is 1. The second-order valence-corrected chi connectivity index (χ2v) is 5.21. The van der Waals surface area contributed by atoms with Crippen molar-refractivity contribution in [2.24, 2.45) is 0 Å². The zero-order valence-corrected chi connectivity index (χ0v) is 11.9. The highest BCUT2D eigenvalue weighted by atomic mass is 35.5. The third-order valence-corrected chi connectivity index (χ3v) is 3.69. The minimum Gasteiger partial charge on any atom is -0.398 e. The molecule has 0 aliphatic carbocycles. The number of hydrogen-bond donors (Lipinski definition) is 2. The van der Waals surface area contributed by atoms with Gasteiger partial charge in [0.1, 0.15) is 0 Å². The minimum absolute atomic E-state index is 0.208. The van der Waals surface area contributed by atoms with Crippen molar-refractivity contribution in [2.75, 3.05) is 17.3 Å². The van der Waals surface area contributed by atoms with Gasteiger partial charge in [-0.25, -0.2) is 0 Å². The molecule has 0 atom stereocenters. The zero-order valence-electron chi connectivity index (χ0n) is 10.3. The Balaban J connectivity index is 2.13. The molecule has 0 aromatic heterocycles. The first kappa shape index (κ1) is 13.8. The quantitative estimate of drug-likeness (QED) is 0.666. The lowest BCUT2D eigenvalue weighted by atomic mass is 10.2. The van der Waals surface area contributed by atoms with Crippen LogP contribution in [0.15, 0.2) is 47.4 Å². The molecular formula is C14H13ClN2OS. The summed E-state index contributed by atoms with van der Waals surface area (Å²) in [5.41, 5.74) is 7.30. The van der Waals surface area contributed by atoms with Crippen LogP contribution in [0.1, 0.15) is 10.4 Å². The van der Waals surface area contributed by atoms with E-state index in [1.807, 2.05) is 30.5 Å². The van der Waals surface area contributed by atoms with Gasteiger partial charge in [0.05, 0.1) is 10.7 Å². The smallest absolute Gasteiger partial charge is 0.255 e. The second kappa shape index (κ2) is 5.99. The van der Waals surface area contributed by atoms with Gasteiger partial charge < -0.3 is 11.1 Å². The van der Waals surface area contributed by atoms with Gasteiger partial charge in [0.25, 0.3) is 5.91 Å². The SMILES string of the molecule is CSc1ccc(NC(=O)c2ccc(Cl)c(N)c2)cc1. The van der Waals surface area contributed by atoms with Gasteiger partial charge in [-0.05, 0) is 48.7 Å². The molecule has 98 valence electrons. The summed E-state index contributed by atoms with van der Waals surface area (Å²) in [6, 6.07) is 12.5. The summed E-state index contributed by atoms with van der Waals surface area (Å²) in [7, 11) is 0. The van der Waals surface area contributed by atoms with Crippen LogP contribution in [0.5, 0.6) is 0 Å². The van der Waals surface area contributed by atoms with Gasteiger partial charge in [0, 0.05) is 16.1 Å². The van der Waals surface area contributed by atoms with Gasteiger partial charge in [0.15, 0.2) is 0 Å². The Labute approximate surface area is 121 Å². The molecule has 0 aliphatic heterocycles. The first-order valence-corrected chi connectivity index (χ1v) is 7.21. The van der Waals surface area contributed by atoms with Gasteiger partial charge in [0.2, 0.25) is 0 Å². The fraction of sp³-hybridized carbons (Fsp3) is 0.0714. The van der Waals surface area contributed by atoms with Gasteiger partial charge in [-0.1, -0.05) is 11.6 Å². The second-order valence-electron chi connectivity index (χ2n) is 3.92. The number of rotatable bonds is 3. The van der Waals surface area contributed by atoms with Crippen molar-refractivity contribution in [1.29, 1.82) is 0 Å². The topological polar surface area (TPSA) is 55.1 Å². The van der Waals surface area contributed by atoms with Crippen molar-refractivity contribution in [1.82, 2.24) is 0 Å². The Kier molecular flexibility index (Phi) is 4.35. The van der Waals surface area contributed by atoms with E-state index in [4.69, 9.17) is 17.3 Å². The number of halogens is 1. The van der Waals surface area contributed by atoms with Gasteiger partial charge in [-0.3, -0.25) is 4.79 Å². The predicted molar refractivity (Wildman–Crippen MR) is 82.0 cm³/mol. The number of nitrogens with one attached hydrogen (secondary N) is 1. The molecule has 0 radical (unpaired) electrons. The van der Waals surface area contributed by atoms with E-state index in [1.54, 1.807) is 30.0 Å². The molecule has 19 heavy (non-hydrogen) atoms. The number of nitrogen functional groups attached to an aromatic ring is 1. The molecule has 2 aromatic carbocycles. The van der Waals surface area contributed by atoms with Crippen LogP contribution in [0.25, 0.3) is 0 Å². The summed E-state index contributed by atoms with van der Waals surface area (Å²) in [6.45, 7) is 0. The lowest BCUT2D eigenvalue weighted by Crippen LogP contribution is -2.12. The number of anilines is 2. The van der Waals surface area contributed by atoms with E-state index in [1.165, 1.54) is 0 Å². The van der Waals surface area contributed by atoms with E-state index >= 15 is 0 Å². The summed E-state index contributed by atoms with van der Waals surface area (Å²) < 4.78 is 0. The van der Waals surface area contributed by atoms with Crippen molar-refractivity contribution in [2.45, 2.75) is 4.90 Å². The first-order valence-electron chi connectivity index (χ1n) is 5.60. The molecule has 0 saturated heterocycles. The molecule has 0 heterocycles. The molecule has 0 bridgehead atoms. The highest BCUT2D eigenvalue weighted by Gasteiger charge is 2.07. The van der Waals surface area contributed by atoms with Gasteiger partial charge >= 0.3 is 0 Å². The van der Waals surface area contributed by atoms with Crippen LogP contribution in [-0.4, -0.2) is 12.2 Å². The molecule has 0 spiro atoms. The van der Waals surface area contributed by atoms with Crippen molar-refractivity contribution < 1.29 is 4.79 Å². The Bertz CT molecular complexity index is 599. The number of amides is 1. The van der Waals surface area contributed by atoms with Crippen molar-refractivity contribution in [3.63, 3.8) is 0 Å². The monoisotopic (exact) mass is 292 g/mol. The fourth-order valence-corrected chi connectivity index (χ4v) is 2.09. The zero-order chi connectivity index (χ0) is 13.8. The third-order valence-electron chi connectivity index (χ3n) is 2.61. The standard InChI is InChI=1S/C14H13ClN2OS/c1-19-11-5-3-10(4-6-11)17-14(18)9-2-7-12(15)13(16)8-9/h2-8H,16H2,1H3,(H,17,18). The van der Waals surface area contributed by atoms with Crippen molar-refractivity contribution in [3.05, 3.63) is 53.1 Å². The first-order chi connectivity index (χ1) is 9.10. The van der Waals surface area contributed by atoms with E-state index in [0.717, 1.165) is 10.6 Å². The number of hydrogen-bond acceptors (Lipinski definition) is 3. The maximum Gasteiger partial charge on any atom is 0.255 e. The molecule has 5 heteroatoms. The third kappa shape index (κ3) is 3.43. The van der Waals surface area contributed by atoms with Crippen molar-refractivity contribution in [3.8, 4) is 0 Å². The molecule has 1 amide bonds. The average molecular weight is 293 g/mol. The average Bonchev–Trinajstić information content (AvgIpc) is 2.42. The van der Waals surface area contributed by atoms with Crippen LogP contribution < -0.4 is 11.1 Å². The maximum atomic E-state index is 12.0. The predicted octanol–water partition coefficient (Wildman–Crippen LogP) is 3.90. The van der Waals surface area contributed by atoms with E-state index in [-0.39, 0.29) is 5.91 Å². The Morgan fingerprint density at radius 1 is 1.21 bits per heavy atom. The Morgan fingerprint density at radius 3 is 2.47 bits per heavy atom. The van der Waals surface area contributed by atoms with E-state index in [2.05, 4.69) is 5.32 Å². The van der Waals surface area contributed by atoms with Crippen LogP contribution in [0.2, 0.25) is 5.02 Å². The lowest BCUT2D eigenvalue weighted by Gasteiger charge is -2.07. The molecule has 0 unspecified atom stereocenters. The summed E-state index contributed by atoms with van der Waals surface area (Å²) in [4.78, 5) is 13.2. The Morgan fingerprint density at radius 2 is 1.89 bits per heavy atom. The van der Waals surface area contributed by atoms with E-state index < -0.39 is 0 Å². The molecule has 0 aliphatic rings. The maximum absolute atomic E-state index is 12.0. The molecule has 2 aromatic rings. The van der Waals surface area contributed by atoms with Crippen LogP contribution in [-0.2, 0) is 0 Å². The number of carbonyl (C=O) groups excluding carboxylic acids is 1. The van der Waals surface area contributed by atoms with Crippen LogP contribution >= 0.6 is 23.4 Å². The number of nitrogens with two attached hydrogens (primary N) is 1. The molecule has 0 saturated carbocycles. The summed E-state index contributed by atoms with van der Waals surface area (Å²) >= 11 is 7.47. The summed E-state index contributed by atoms with van der Waals surface area (Å²) in [5, 5.41) is 3.25. The minimum atomic E-state index is -0.208. The number of carbonyl (C=O) groups is 1. The molecule has 0 fully saturated rings. The van der Waals surface area contributed by atoms with Gasteiger partial charge in [-0.2, -0.15) is 0 Å². The Hall–Kier alpha value is -1.65. The van der Waals surface area contributed by atoms with E-state index in [9.17, 15) is 4.79 Å². The van der Waals surface area contributed by atoms with Crippen LogP contribution in [0, 0.1) is 0 Å². The van der Waals surface area contributed by atoms with Crippen molar-refractivity contribution >= 4 is 40.6 Å². The highest BCUT2D eigenvalue weighted by molar-refractivity contribution is 7.98. The summed E-state index contributed by atoms with van der Waals surface area (Å²) in [6.07, 6.45) is 2.00. The van der Waals surface area contributed by atoms with Crippen LogP contribution in [0.3, 0.4) is 0 Å². The van der Waals surface area contributed by atoms with Crippen LogP contribution in [0.4, 0.5) is 11.4 Å². The number of benzene rings is 2. The molecule has 3 N–H and O–H groups in total.